The van der Waals surface area contributed by atoms with E-state index in [1.165, 1.54) is 16.1 Å². The van der Waals surface area contributed by atoms with Gasteiger partial charge in [0.2, 0.25) is 0 Å². The Morgan fingerprint density at radius 1 is 1.07 bits per heavy atom. The van der Waals surface area contributed by atoms with Crippen LogP contribution in [0.15, 0.2) is 66.2 Å². The molecule has 2 aromatic carbocycles. The summed E-state index contributed by atoms with van der Waals surface area (Å²) in [6.07, 6.45) is 2.99. The van der Waals surface area contributed by atoms with Crippen LogP contribution in [0, 0.1) is 0 Å². The van der Waals surface area contributed by atoms with E-state index in [1.807, 2.05) is 65.5 Å². The molecule has 0 bridgehead atoms. The van der Waals surface area contributed by atoms with Crippen molar-refractivity contribution in [3.63, 3.8) is 0 Å². The fourth-order valence-corrected chi connectivity index (χ4v) is 4.84. The molecule has 140 valence electrons. The van der Waals surface area contributed by atoms with Crippen molar-refractivity contribution in [1.29, 1.82) is 0 Å². The number of fused-ring (bicyclic) bond motifs is 2. The van der Waals surface area contributed by atoms with E-state index in [0.717, 1.165) is 36.1 Å². The Labute approximate surface area is 168 Å². The summed E-state index contributed by atoms with van der Waals surface area (Å²) in [5, 5.41) is 6.19. The van der Waals surface area contributed by atoms with Gasteiger partial charge in [-0.3, -0.25) is 4.79 Å². The van der Waals surface area contributed by atoms with Crippen LogP contribution in [0.25, 0.3) is 10.9 Å². The van der Waals surface area contributed by atoms with E-state index < -0.39 is 0 Å². The van der Waals surface area contributed by atoms with Gasteiger partial charge in [-0.1, -0.05) is 18.2 Å². The number of carbonyl (C=O) groups is 1. The number of anilines is 2. The molecule has 0 fully saturated rings. The van der Waals surface area contributed by atoms with E-state index in [2.05, 4.69) is 33.8 Å². The van der Waals surface area contributed by atoms with Gasteiger partial charge in [-0.2, -0.15) is 0 Å². The summed E-state index contributed by atoms with van der Waals surface area (Å²) in [5.41, 5.74) is 5.20. The molecule has 1 aliphatic heterocycles. The van der Waals surface area contributed by atoms with Gasteiger partial charge in [-0.05, 0) is 53.8 Å². The lowest BCUT2D eigenvalue weighted by molar-refractivity contribution is 0.102. The topological polar surface area (TPSA) is 37.3 Å². The van der Waals surface area contributed by atoms with E-state index in [0.29, 0.717) is 5.56 Å². The fourth-order valence-electron chi connectivity index (χ4n) is 3.95. The van der Waals surface area contributed by atoms with E-state index in [9.17, 15) is 4.79 Å². The Bertz CT molecular complexity index is 1160. The molecule has 0 saturated carbocycles. The van der Waals surface area contributed by atoms with Crippen LogP contribution in [0.2, 0.25) is 0 Å². The molecule has 0 radical (unpaired) electrons. The molecule has 4 aromatic rings. The molecule has 28 heavy (non-hydrogen) atoms. The second-order valence-corrected chi connectivity index (χ2v) is 8.21. The molecule has 5 rings (SSSR count). The molecule has 2 aromatic heterocycles. The van der Waals surface area contributed by atoms with Gasteiger partial charge in [-0.15, -0.1) is 11.3 Å². The first-order chi connectivity index (χ1) is 13.7. The Kier molecular flexibility index (Phi) is 4.17. The van der Waals surface area contributed by atoms with Crippen LogP contribution in [0.4, 0.5) is 11.4 Å². The van der Waals surface area contributed by atoms with Crippen molar-refractivity contribution in [2.24, 2.45) is 7.05 Å². The molecule has 4 nitrogen and oxygen atoms in total. The summed E-state index contributed by atoms with van der Waals surface area (Å²) < 4.78 is 1.99. The monoisotopic (exact) mass is 387 g/mol. The Balaban J connectivity index is 1.33. The van der Waals surface area contributed by atoms with Gasteiger partial charge in [0.25, 0.3) is 5.91 Å². The average Bonchev–Trinajstić information content (AvgIpc) is 3.33. The van der Waals surface area contributed by atoms with Gasteiger partial charge in [0, 0.05) is 53.5 Å². The van der Waals surface area contributed by atoms with Crippen LogP contribution in [-0.2, 0) is 20.0 Å². The lowest BCUT2D eigenvalue weighted by Crippen LogP contribution is -2.29. The number of benzene rings is 2. The third-order valence-corrected chi connectivity index (χ3v) is 6.46. The zero-order valence-electron chi connectivity index (χ0n) is 15.7. The maximum atomic E-state index is 12.8. The maximum absolute atomic E-state index is 12.8. The second-order valence-electron chi connectivity index (χ2n) is 7.21. The Morgan fingerprint density at radius 3 is 2.75 bits per heavy atom. The van der Waals surface area contributed by atoms with Gasteiger partial charge in [0.1, 0.15) is 0 Å². The van der Waals surface area contributed by atoms with Crippen LogP contribution in [0.5, 0.6) is 0 Å². The van der Waals surface area contributed by atoms with Gasteiger partial charge in [0.05, 0.1) is 5.56 Å². The molecule has 0 unspecified atom stereocenters. The molecule has 5 heteroatoms. The van der Waals surface area contributed by atoms with Crippen molar-refractivity contribution in [3.05, 3.63) is 82.2 Å². The van der Waals surface area contributed by atoms with Crippen molar-refractivity contribution in [2.75, 3.05) is 16.8 Å². The number of carbonyl (C=O) groups excluding carboxylic acids is 1. The van der Waals surface area contributed by atoms with Crippen LogP contribution >= 0.6 is 11.3 Å². The molecule has 0 atom stereocenters. The van der Waals surface area contributed by atoms with Crippen LogP contribution < -0.4 is 10.2 Å². The first kappa shape index (κ1) is 17.1. The number of hydrogen-bond acceptors (Lipinski definition) is 3. The fraction of sp³-hybridized carbons (Fsp3) is 0.174. The number of aromatic nitrogens is 1. The number of thiophene rings is 1. The molecular weight excluding hydrogens is 366 g/mol. The highest BCUT2D eigenvalue weighted by molar-refractivity contribution is 7.10. The highest BCUT2D eigenvalue weighted by Crippen LogP contribution is 2.29. The number of nitrogens with zero attached hydrogens (tertiary/aromatic N) is 2. The summed E-state index contributed by atoms with van der Waals surface area (Å²) in [4.78, 5) is 16.7. The normalized spacial score (nSPS) is 13.5. The molecular formula is C23H21N3OS. The molecule has 1 aliphatic rings. The minimum absolute atomic E-state index is 0.0783. The van der Waals surface area contributed by atoms with Crippen molar-refractivity contribution in [3.8, 4) is 0 Å². The number of para-hydroxylation sites is 1. The summed E-state index contributed by atoms with van der Waals surface area (Å²) in [6.45, 7) is 2.00. The first-order valence-electron chi connectivity index (χ1n) is 9.45. The summed E-state index contributed by atoms with van der Waals surface area (Å²) in [7, 11) is 1.96. The summed E-state index contributed by atoms with van der Waals surface area (Å²) >= 11 is 1.86. The standard InChI is InChI=1S/C23H21N3OS/c1-25-15-20(19-4-2-3-5-21(19)25)23(27)24-17-6-8-18(9-7-17)26-12-10-22-16(14-26)11-13-28-22/h2-9,11,13,15H,10,12,14H2,1H3,(H,24,27). The highest BCUT2D eigenvalue weighted by Gasteiger charge is 2.18. The highest BCUT2D eigenvalue weighted by atomic mass is 32.1. The number of amides is 1. The van der Waals surface area contributed by atoms with E-state index >= 15 is 0 Å². The third kappa shape index (κ3) is 2.98. The quantitative estimate of drug-likeness (QED) is 0.534. The van der Waals surface area contributed by atoms with Gasteiger partial charge in [0.15, 0.2) is 0 Å². The number of hydrogen-bond donors (Lipinski definition) is 1. The Hall–Kier alpha value is -3.05. The first-order valence-corrected chi connectivity index (χ1v) is 10.3. The predicted molar refractivity (Wildman–Crippen MR) is 116 cm³/mol. The number of rotatable bonds is 3. The van der Waals surface area contributed by atoms with Crippen LogP contribution in [0.3, 0.4) is 0 Å². The molecule has 0 spiro atoms. The van der Waals surface area contributed by atoms with E-state index in [1.54, 1.807) is 0 Å². The maximum Gasteiger partial charge on any atom is 0.257 e. The van der Waals surface area contributed by atoms with E-state index in [-0.39, 0.29) is 5.91 Å². The van der Waals surface area contributed by atoms with Gasteiger partial charge >= 0.3 is 0 Å². The predicted octanol–water partition coefficient (Wildman–Crippen LogP) is 5.05. The second kappa shape index (κ2) is 6.84. The van der Waals surface area contributed by atoms with Crippen molar-refractivity contribution in [2.45, 2.75) is 13.0 Å². The van der Waals surface area contributed by atoms with Crippen molar-refractivity contribution in [1.82, 2.24) is 4.57 Å². The van der Waals surface area contributed by atoms with E-state index in [4.69, 9.17) is 0 Å². The third-order valence-electron chi connectivity index (χ3n) is 5.44. The minimum Gasteiger partial charge on any atom is -0.367 e. The Morgan fingerprint density at radius 2 is 1.89 bits per heavy atom. The molecule has 1 N–H and O–H groups in total. The zero-order valence-corrected chi connectivity index (χ0v) is 16.5. The van der Waals surface area contributed by atoms with Crippen molar-refractivity contribution >= 4 is 39.5 Å². The molecule has 0 aliphatic carbocycles. The zero-order chi connectivity index (χ0) is 19.1. The number of nitrogens with one attached hydrogen (secondary N) is 1. The SMILES string of the molecule is Cn1cc(C(=O)Nc2ccc(N3CCc4sccc4C3)cc2)c2ccccc21. The lowest BCUT2D eigenvalue weighted by atomic mass is 10.1. The average molecular weight is 388 g/mol. The smallest absolute Gasteiger partial charge is 0.257 e. The van der Waals surface area contributed by atoms with Crippen LogP contribution in [0.1, 0.15) is 20.8 Å². The van der Waals surface area contributed by atoms with Crippen LogP contribution in [-0.4, -0.2) is 17.0 Å². The minimum atomic E-state index is -0.0783. The van der Waals surface area contributed by atoms with Crippen molar-refractivity contribution < 1.29 is 4.79 Å². The largest absolute Gasteiger partial charge is 0.367 e. The number of aryl methyl sites for hydroxylation is 1. The molecule has 0 saturated heterocycles. The summed E-state index contributed by atoms with van der Waals surface area (Å²) in [5.74, 6) is -0.0783. The summed E-state index contributed by atoms with van der Waals surface area (Å²) in [6, 6.07) is 18.4. The molecule has 3 heterocycles. The van der Waals surface area contributed by atoms with Gasteiger partial charge in [-0.25, -0.2) is 0 Å². The van der Waals surface area contributed by atoms with Gasteiger partial charge < -0.3 is 14.8 Å². The lowest BCUT2D eigenvalue weighted by Gasteiger charge is -2.29. The molecule has 1 amide bonds.